The van der Waals surface area contributed by atoms with Crippen LogP contribution in [0.5, 0.6) is 0 Å². The number of aliphatic hydroxyl groups is 1. The van der Waals surface area contributed by atoms with Gasteiger partial charge in [0.25, 0.3) is 0 Å². The van der Waals surface area contributed by atoms with Crippen LogP contribution in [0.3, 0.4) is 0 Å². The zero-order chi connectivity index (χ0) is 16.7. The van der Waals surface area contributed by atoms with E-state index in [1.807, 2.05) is 42.8 Å². The van der Waals surface area contributed by atoms with Gasteiger partial charge in [0.2, 0.25) is 5.91 Å². The molecule has 0 radical (unpaired) electrons. The molecular formula is C18H25N3O2. The summed E-state index contributed by atoms with van der Waals surface area (Å²) in [5.74, 6) is 0.755. The number of amides is 1. The van der Waals surface area contributed by atoms with Gasteiger partial charge in [0.05, 0.1) is 19.1 Å². The number of rotatable bonds is 8. The Kier molecular flexibility index (Phi) is 6.35. The molecule has 0 spiro atoms. The Balaban J connectivity index is 1.83. The van der Waals surface area contributed by atoms with Crippen molar-refractivity contribution in [3.63, 3.8) is 0 Å². The largest absolute Gasteiger partial charge is 0.392 e. The maximum Gasteiger partial charge on any atom is 0.222 e. The van der Waals surface area contributed by atoms with Gasteiger partial charge in [-0.15, -0.1) is 0 Å². The van der Waals surface area contributed by atoms with Gasteiger partial charge in [0.15, 0.2) is 0 Å². The number of carbonyl (C=O) groups is 1. The molecule has 5 heteroatoms. The fourth-order valence-corrected chi connectivity index (χ4v) is 2.28. The van der Waals surface area contributed by atoms with Gasteiger partial charge in [-0.3, -0.25) is 4.79 Å². The van der Waals surface area contributed by atoms with Crippen molar-refractivity contribution in [1.29, 1.82) is 0 Å². The molecule has 2 rings (SSSR count). The Morgan fingerprint density at radius 1 is 1.30 bits per heavy atom. The first-order valence-electron chi connectivity index (χ1n) is 8.05. The molecule has 1 heterocycles. The highest BCUT2D eigenvalue weighted by atomic mass is 16.3. The van der Waals surface area contributed by atoms with Gasteiger partial charge in [0, 0.05) is 18.9 Å². The zero-order valence-corrected chi connectivity index (χ0v) is 13.8. The van der Waals surface area contributed by atoms with E-state index in [1.165, 1.54) is 5.56 Å². The van der Waals surface area contributed by atoms with Crippen LogP contribution in [0.2, 0.25) is 0 Å². The third-order valence-corrected chi connectivity index (χ3v) is 3.89. The monoisotopic (exact) mass is 315 g/mol. The van der Waals surface area contributed by atoms with E-state index >= 15 is 0 Å². The van der Waals surface area contributed by atoms with E-state index in [2.05, 4.69) is 22.4 Å². The van der Waals surface area contributed by atoms with Crippen LogP contribution >= 0.6 is 0 Å². The Morgan fingerprint density at radius 2 is 2.04 bits per heavy atom. The summed E-state index contributed by atoms with van der Waals surface area (Å²) in [6.07, 6.45) is 4.11. The number of hydrogen-bond donors (Lipinski definition) is 2. The first-order valence-corrected chi connectivity index (χ1v) is 8.05. The third-order valence-electron chi connectivity index (χ3n) is 3.89. The Bertz CT molecular complexity index is 608. The van der Waals surface area contributed by atoms with Crippen LogP contribution < -0.4 is 5.32 Å². The van der Waals surface area contributed by atoms with E-state index in [9.17, 15) is 9.90 Å². The second-order valence-electron chi connectivity index (χ2n) is 6.06. The first kappa shape index (κ1) is 17.2. The average molecular weight is 315 g/mol. The number of nitrogens with zero attached hydrogens (tertiary/aromatic N) is 2. The number of hydrogen-bond acceptors (Lipinski definition) is 3. The lowest BCUT2D eigenvalue weighted by atomic mass is 10.0. The molecule has 0 aliphatic rings. The van der Waals surface area contributed by atoms with Crippen LogP contribution in [0.1, 0.15) is 31.7 Å². The van der Waals surface area contributed by atoms with E-state index in [4.69, 9.17) is 0 Å². The second-order valence-corrected chi connectivity index (χ2v) is 6.06. The average Bonchev–Trinajstić information content (AvgIpc) is 2.99. The molecule has 2 aromatic rings. The van der Waals surface area contributed by atoms with Crippen LogP contribution in [0.4, 0.5) is 0 Å². The molecule has 0 saturated carbocycles. The van der Waals surface area contributed by atoms with Crippen LogP contribution in [0.25, 0.3) is 0 Å². The summed E-state index contributed by atoms with van der Waals surface area (Å²) in [4.78, 5) is 16.1. The Labute approximate surface area is 137 Å². The van der Waals surface area contributed by atoms with Gasteiger partial charge in [-0.1, -0.05) is 44.2 Å². The SMILES string of the molecule is CC(C)C(O)CC(=O)NCc1nccn1CCc1ccccc1. The normalized spacial score (nSPS) is 12.3. The number of imidazole rings is 1. The minimum Gasteiger partial charge on any atom is -0.392 e. The van der Waals surface area contributed by atoms with Crippen molar-refractivity contribution in [2.75, 3.05) is 0 Å². The Morgan fingerprint density at radius 3 is 2.74 bits per heavy atom. The van der Waals surface area contributed by atoms with Gasteiger partial charge in [-0.05, 0) is 17.9 Å². The molecule has 124 valence electrons. The van der Waals surface area contributed by atoms with E-state index in [0.29, 0.717) is 6.54 Å². The quantitative estimate of drug-likeness (QED) is 0.784. The summed E-state index contributed by atoms with van der Waals surface area (Å²) in [6, 6.07) is 10.3. The lowest BCUT2D eigenvalue weighted by Gasteiger charge is -2.14. The highest BCUT2D eigenvalue weighted by Gasteiger charge is 2.14. The summed E-state index contributed by atoms with van der Waals surface area (Å²) in [5.41, 5.74) is 1.27. The van der Waals surface area contributed by atoms with Gasteiger partial charge < -0.3 is 15.0 Å². The van der Waals surface area contributed by atoms with Crippen molar-refractivity contribution >= 4 is 5.91 Å². The molecule has 0 saturated heterocycles. The minimum absolute atomic E-state index is 0.0774. The molecular weight excluding hydrogens is 290 g/mol. The number of carbonyl (C=O) groups excluding carboxylic acids is 1. The predicted molar refractivity (Wildman–Crippen MR) is 89.7 cm³/mol. The van der Waals surface area contributed by atoms with E-state index in [-0.39, 0.29) is 18.2 Å². The van der Waals surface area contributed by atoms with Crippen LogP contribution in [0, 0.1) is 5.92 Å². The molecule has 23 heavy (non-hydrogen) atoms. The molecule has 1 aromatic carbocycles. The molecule has 0 fully saturated rings. The van der Waals surface area contributed by atoms with Crippen molar-refractivity contribution in [1.82, 2.24) is 14.9 Å². The van der Waals surface area contributed by atoms with Crippen LogP contribution in [-0.2, 0) is 24.3 Å². The number of aryl methyl sites for hydroxylation is 2. The van der Waals surface area contributed by atoms with E-state index < -0.39 is 6.10 Å². The molecule has 0 aliphatic carbocycles. The van der Waals surface area contributed by atoms with Crippen molar-refractivity contribution in [3.05, 3.63) is 54.1 Å². The molecule has 1 unspecified atom stereocenters. The maximum absolute atomic E-state index is 11.8. The van der Waals surface area contributed by atoms with Gasteiger partial charge in [-0.2, -0.15) is 0 Å². The predicted octanol–water partition coefficient (Wildman–Crippen LogP) is 2.15. The lowest BCUT2D eigenvalue weighted by Crippen LogP contribution is -2.30. The molecule has 0 bridgehead atoms. The summed E-state index contributed by atoms with van der Waals surface area (Å²) >= 11 is 0. The number of aliphatic hydroxyl groups excluding tert-OH is 1. The number of benzene rings is 1. The van der Waals surface area contributed by atoms with Crippen molar-refractivity contribution in [2.45, 2.75) is 45.9 Å². The standard InChI is InChI=1S/C18H25N3O2/c1-14(2)16(22)12-18(23)20-13-17-19-9-11-21(17)10-8-15-6-4-3-5-7-15/h3-7,9,11,14,16,22H,8,10,12-13H2,1-2H3,(H,20,23). The van der Waals surface area contributed by atoms with Gasteiger partial charge >= 0.3 is 0 Å². The highest BCUT2D eigenvalue weighted by molar-refractivity contribution is 5.76. The van der Waals surface area contributed by atoms with E-state index in [1.54, 1.807) is 6.20 Å². The van der Waals surface area contributed by atoms with Gasteiger partial charge in [0.1, 0.15) is 5.82 Å². The number of nitrogens with one attached hydrogen (secondary N) is 1. The first-order chi connectivity index (χ1) is 11.1. The lowest BCUT2D eigenvalue weighted by molar-refractivity contribution is -0.123. The fourth-order valence-electron chi connectivity index (χ4n) is 2.28. The number of aromatic nitrogens is 2. The topological polar surface area (TPSA) is 67.2 Å². The zero-order valence-electron chi connectivity index (χ0n) is 13.8. The van der Waals surface area contributed by atoms with Crippen molar-refractivity contribution in [3.8, 4) is 0 Å². The smallest absolute Gasteiger partial charge is 0.222 e. The van der Waals surface area contributed by atoms with Crippen LogP contribution in [-0.4, -0.2) is 26.7 Å². The molecule has 5 nitrogen and oxygen atoms in total. The molecule has 2 N–H and O–H groups in total. The molecule has 1 amide bonds. The molecule has 0 aliphatic heterocycles. The fraction of sp³-hybridized carbons (Fsp3) is 0.444. The maximum atomic E-state index is 11.8. The summed E-state index contributed by atoms with van der Waals surface area (Å²) < 4.78 is 2.05. The van der Waals surface area contributed by atoms with E-state index in [0.717, 1.165) is 18.8 Å². The Hall–Kier alpha value is -2.14. The molecule has 1 aromatic heterocycles. The summed E-state index contributed by atoms with van der Waals surface area (Å²) in [7, 11) is 0. The molecule has 1 atom stereocenters. The highest BCUT2D eigenvalue weighted by Crippen LogP contribution is 2.06. The minimum atomic E-state index is -0.604. The van der Waals surface area contributed by atoms with Crippen molar-refractivity contribution < 1.29 is 9.90 Å². The van der Waals surface area contributed by atoms with Gasteiger partial charge in [-0.25, -0.2) is 4.98 Å². The van der Waals surface area contributed by atoms with Crippen molar-refractivity contribution in [2.24, 2.45) is 5.92 Å². The third kappa shape index (κ3) is 5.53. The second kappa shape index (κ2) is 8.48. The summed E-state index contributed by atoms with van der Waals surface area (Å²) in [6.45, 7) is 5.00. The van der Waals surface area contributed by atoms with Crippen LogP contribution in [0.15, 0.2) is 42.7 Å². The summed E-state index contributed by atoms with van der Waals surface area (Å²) in [5, 5.41) is 12.6.